The van der Waals surface area contributed by atoms with Gasteiger partial charge in [0.25, 0.3) is 5.69 Å². The largest absolute Gasteiger partial charge is 0.418 e. The second-order valence-electron chi connectivity index (χ2n) is 4.28. The molecule has 0 atom stereocenters. The topological polar surface area (TPSA) is 55.2 Å². The fourth-order valence-electron chi connectivity index (χ4n) is 1.91. The summed E-state index contributed by atoms with van der Waals surface area (Å²) >= 11 is 0. The molecule has 1 N–H and O–H groups in total. The van der Waals surface area contributed by atoms with Gasteiger partial charge >= 0.3 is 6.18 Å². The van der Waals surface area contributed by atoms with Crippen LogP contribution < -0.4 is 5.32 Å². The number of hydrogen-bond acceptors (Lipinski definition) is 3. The zero-order valence-corrected chi connectivity index (χ0v) is 10.7. The summed E-state index contributed by atoms with van der Waals surface area (Å²) in [7, 11) is 0. The van der Waals surface area contributed by atoms with Crippen LogP contribution in [0.4, 0.5) is 24.5 Å². The number of benzene rings is 2. The lowest BCUT2D eigenvalue weighted by Gasteiger charge is -2.14. The zero-order chi connectivity index (χ0) is 15.5. The number of halogens is 3. The minimum atomic E-state index is -4.48. The number of alkyl halides is 3. The molecule has 2 aromatic rings. The molecule has 0 bridgehead atoms. The summed E-state index contributed by atoms with van der Waals surface area (Å²) in [6.07, 6.45) is -4.48. The van der Waals surface area contributed by atoms with E-state index in [2.05, 4.69) is 5.32 Å². The number of rotatable bonds is 4. The second kappa shape index (κ2) is 5.82. The van der Waals surface area contributed by atoms with Gasteiger partial charge in [-0.3, -0.25) is 10.1 Å². The Morgan fingerprint density at radius 1 is 1.05 bits per heavy atom. The van der Waals surface area contributed by atoms with E-state index < -0.39 is 16.7 Å². The van der Waals surface area contributed by atoms with Crippen LogP contribution >= 0.6 is 0 Å². The molecule has 0 radical (unpaired) electrons. The third-order valence-electron chi connectivity index (χ3n) is 2.89. The summed E-state index contributed by atoms with van der Waals surface area (Å²) in [6, 6.07) is 10.9. The van der Waals surface area contributed by atoms with Crippen molar-refractivity contribution < 1.29 is 18.1 Å². The van der Waals surface area contributed by atoms with E-state index in [0.717, 1.165) is 6.07 Å². The smallest absolute Gasteiger partial charge is 0.380 e. The van der Waals surface area contributed by atoms with Crippen LogP contribution in [0.1, 0.15) is 11.1 Å². The van der Waals surface area contributed by atoms with Crippen molar-refractivity contribution in [2.45, 2.75) is 12.7 Å². The minimum absolute atomic E-state index is 0.0652. The Bertz CT molecular complexity index is 657. The molecule has 0 aromatic heterocycles. The number of nitro benzene ring substituents is 1. The monoisotopic (exact) mass is 296 g/mol. The number of nitro groups is 1. The first kappa shape index (κ1) is 14.8. The second-order valence-corrected chi connectivity index (χ2v) is 4.28. The summed E-state index contributed by atoms with van der Waals surface area (Å²) in [5, 5.41) is 13.5. The van der Waals surface area contributed by atoms with E-state index in [0.29, 0.717) is 5.56 Å². The molecule has 2 aromatic carbocycles. The lowest BCUT2D eigenvalue weighted by atomic mass is 10.1. The Balaban J connectivity index is 2.24. The summed E-state index contributed by atoms with van der Waals surface area (Å²) in [4.78, 5) is 10.3. The van der Waals surface area contributed by atoms with Gasteiger partial charge in [-0.25, -0.2) is 0 Å². The fourth-order valence-corrected chi connectivity index (χ4v) is 1.91. The maximum absolute atomic E-state index is 12.8. The molecule has 110 valence electrons. The molecule has 0 saturated heterocycles. The van der Waals surface area contributed by atoms with Crippen LogP contribution in [0, 0.1) is 10.1 Å². The van der Waals surface area contributed by atoms with Crippen molar-refractivity contribution in [2.24, 2.45) is 0 Å². The molecular formula is C14H11F3N2O2. The average molecular weight is 296 g/mol. The van der Waals surface area contributed by atoms with Gasteiger partial charge in [-0.2, -0.15) is 13.2 Å². The molecule has 2 rings (SSSR count). The van der Waals surface area contributed by atoms with Crippen LogP contribution in [0.25, 0.3) is 0 Å². The predicted molar refractivity (Wildman–Crippen MR) is 71.9 cm³/mol. The van der Waals surface area contributed by atoms with Gasteiger partial charge in [-0.05, 0) is 12.1 Å². The first-order valence-corrected chi connectivity index (χ1v) is 6.02. The predicted octanol–water partition coefficient (Wildman–Crippen LogP) is 4.23. The van der Waals surface area contributed by atoms with Gasteiger partial charge in [0.05, 0.1) is 10.5 Å². The van der Waals surface area contributed by atoms with Crippen LogP contribution in [-0.2, 0) is 12.7 Å². The van der Waals surface area contributed by atoms with Gasteiger partial charge in [-0.1, -0.05) is 30.3 Å². The molecule has 0 amide bonds. The third-order valence-corrected chi connectivity index (χ3v) is 2.89. The van der Waals surface area contributed by atoms with E-state index in [9.17, 15) is 23.3 Å². The summed E-state index contributed by atoms with van der Waals surface area (Å²) < 4.78 is 38.5. The zero-order valence-electron chi connectivity index (χ0n) is 10.7. The highest BCUT2D eigenvalue weighted by Gasteiger charge is 2.33. The SMILES string of the molecule is O=[N+]([O-])c1ccccc1CNc1ccccc1C(F)(F)F. The van der Waals surface area contributed by atoms with Gasteiger partial charge in [0.1, 0.15) is 0 Å². The summed E-state index contributed by atoms with van der Waals surface area (Å²) in [5.74, 6) is 0. The Labute approximate surface area is 118 Å². The molecule has 0 fully saturated rings. The van der Waals surface area contributed by atoms with Crippen molar-refractivity contribution in [3.8, 4) is 0 Å². The number of nitrogens with zero attached hydrogens (tertiary/aromatic N) is 1. The molecule has 0 aliphatic carbocycles. The van der Waals surface area contributed by atoms with Crippen LogP contribution in [0.5, 0.6) is 0 Å². The lowest BCUT2D eigenvalue weighted by molar-refractivity contribution is -0.385. The van der Waals surface area contributed by atoms with E-state index >= 15 is 0 Å². The third kappa shape index (κ3) is 3.50. The molecular weight excluding hydrogens is 285 g/mol. The van der Waals surface area contributed by atoms with E-state index in [4.69, 9.17) is 0 Å². The summed E-state index contributed by atoms with van der Waals surface area (Å²) in [6.45, 7) is -0.0652. The van der Waals surface area contributed by atoms with Crippen molar-refractivity contribution in [3.63, 3.8) is 0 Å². The van der Waals surface area contributed by atoms with Gasteiger partial charge in [0.15, 0.2) is 0 Å². The molecule has 0 spiro atoms. The van der Waals surface area contributed by atoms with Crippen molar-refractivity contribution >= 4 is 11.4 Å². The average Bonchev–Trinajstić information content (AvgIpc) is 2.44. The molecule has 0 unspecified atom stereocenters. The van der Waals surface area contributed by atoms with Gasteiger partial charge in [0.2, 0.25) is 0 Å². The molecule has 0 aliphatic rings. The number of anilines is 1. The maximum atomic E-state index is 12.8. The Morgan fingerprint density at radius 2 is 1.67 bits per heavy atom. The van der Waals surface area contributed by atoms with Gasteiger partial charge in [0, 0.05) is 23.9 Å². The quantitative estimate of drug-likeness (QED) is 0.678. The van der Waals surface area contributed by atoms with Gasteiger partial charge in [-0.15, -0.1) is 0 Å². The molecule has 7 heteroatoms. The Hall–Kier alpha value is -2.57. The highest BCUT2D eigenvalue weighted by molar-refractivity contribution is 5.54. The van der Waals surface area contributed by atoms with Crippen LogP contribution in [-0.4, -0.2) is 4.92 Å². The van der Waals surface area contributed by atoms with E-state index in [-0.39, 0.29) is 17.9 Å². The Kier molecular flexibility index (Phi) is 4.11. The van der Waals surface area contributed by atoms with Crippen molar-refractivity contribution in [1.82, 2.24) is 0 Å². The minimum Gasteiger partial charge on any atom is -0.380 e. The first-order chi connectivity index (χ1) is 9.89. The van der Waals surface area contributed by atoms with Crippen molar-refractivity contribution in [3.05, 3.63) is 69.8 Å². The van der Waals surface area contributed by atoms with Crippen molar-refractivity contribution in [2.75, 3.05) is 5.32 Å². The number of hydrogen-bond donors (Lipinski definition) is 1. The van der Waals surface area contributed by atoms with E-state index in [1.165, 1.54) is 36.4 Å². The molecule has 21 heavy (non-hydrogen) atoms. The van der Waals surface area contributed by atoms with Gasteiger partial charge < -0.3 is 5.32 Å². The molecule has 0 heterocycles. The number of nitrogens with one attached hydrogen (secondary N) is 1. The van der Waals surface area contributed by atoms with Crippen molar-refractivity contribution in [1.29, 1.82) is 0 Å². The number of para-hydroxylation sites is 2. The van der Waals surface area contributed by atoms with Crippen LogP contribution in [0.3, 0.4) is 0 Å². The standard InChI is InChI=1S/C14H11F3N2O2/c15-14(16,17)11-6-2-3-7-12(11)18-9-10-5-1-4-8-13(10)19(20)21/h1-8,18H,9H2. The van der Waals surface area contributed by atoms with E-state index in [1.807, 2.05) is 0 Å². The molecule has 0 aliphatic heterocycles. The lowest BCUT2D eigenvalue weighted by Crippen LogP contribution is -2.11. The van der Waals surface area contributed by atoms with Crippen LogP contribution in [0.15, 0.2) is 48.5 Å². The molecule has 0 saturated carbocycles. The summed E-state index contributed by atoms with van der Waals surface area (Å²) in [5.41, 5.74) is -0.722. The maximum Gasteiger partial charge on any atom is 0.418 e. The van der Waals surface area contributed by atoms with E-state index in [1.54, 1.807) is 6.07 Å². The highest BCUT2D eigenvalue weighted by atomic mass is 19.4. The first-order valence-electron chi connectivity index (χ1n) is 6.02. The Morgan fingerprint density at radius 3 is 2.33 bits per heavy atom. The van der Waals surface area contributed by atoms with Crippen LogP contribution in [0.2, 0.25) is 0 Å². The fraction of sp³-hybridized carbons (Fsp3) is 0.143. The normalized spacial score (nSPS) is 11.2. The highest BCUT2D eigenvalue weighted by Crippen LogP contribution is 2.34. The molecule has 4 nitrogen and oxygen atoms in total.